The van der Waals surface area contributed by atoms with Crippen LogP contribution in [0.15, 0.2) is 24.3 Å². The second kappa shape index (κ2) is 13.6. The van der Waals surface area contributed by atoms with Crippen LogP contribution in [0.1, 0.15) is 29.5 Å². The molecule has 0 saturated heterocycles. The van der Waals surface area contributed by atoms with E-state index in [9.17, 15) is 4.79 Å². The molecule has 1 aliphatic carbocycles. The Morgan fingerprint density at radius 3 is 2.04 bits per heavy atom. The first-order chi connectivity index (χ1) is 13.0. The van der Waals surface area contributed by atoms with Crippen LogP contribution in [0.25, 0.3) is 0 Å². The third-order valence-corrected chi connectivity index (χ3v) is 4.23. The predicted molar refractivity (Wildman–Crippen MR) is 94.0 cm³/mol. The van der Waals surface area contributed by atoms with Gasteiger partial charge in [-0.25, -0.2) is 0 Å². The number of allylic oxidation sites excluding steroid dienone is 2. The number of ether oxygens (including phenoxy) is 2. The van der Waals surface area contributed by atoms with E-state index in [4.69, 9.17) is 23.4 Å². The molecule has 0 fully saturated rings. The van der Waals surface area contributed by atoms with Crippen molar-refractivity contribution in [2.75, 3.05) is 12.4 Å². The third kappa shape index (κ3) is 5.51. The normalized spacial score (nSPS) is 16.4. The van der Waals surface area contributed by atoms with Crippen molar-refractivity contribution in [2.45, 2.75) is 32.7 Å². The summed E-state index contributed by atoms with van der Waals surface area (Å²) in [4.78, 5) is 11.5. The van der Waals surface area contributed by atoms with Gasteiger partial charge in [0.05, 0.1) is 13.2 Å². The van der Waals surface area contributed by atoms with E-state index in [-0.39, 0.29) is 35.0 Å². The zero-order valence-corrected chi connectivity index (χ0v) is 16.9. The Kier molecular flexibility index (Phi) is 13.5. The summed E-state index contributed by atoms with van der Waals surface area (Å²) >= 11 is 0. The number of hydrogen-bond donors (Lipinski definition) is 1. The quantitative estimate of drug-likeness (QED) is 0.258. The summed E-state index contributed by atoms with van der Waals surface area (Å²) in [7, 11) is 1.61. The Hall–Kier alpha value is -2.49. The molecule has 1 N–H and O–H groups in total. The van der Waals surface area contributed by atoms with Crippen molar-refractivity contribution >= 4 is 11.7 Å². The van der Waals surface area contributed by atoms with E-state index < -0.39 is 0 Å². The second-order valence-corrected chi connectivity index (χ2v) is 5.46. The van der Waals surface area contributed by atoms with Gasteiger partial charge in [0, 0.05) is 41.2 Å². The van der Waals surface area contributed by atoms with Crippen molar-refractivity contribution in [3.05, 3.63) is 60.9 Å². The van der Waals surface area contributed by atoms with Gasteiger partial charge in [-0.15, -0.1) is 0 Å². The molecule has 1 heterocycles. The average molecular weight is 425 g/mol. The topological polar surface area (TPSA) is 107 Å². The number of anilines is 1. The predicted octanol–water partition coefficient (Wildman–Crippen LogP) is 3.13. The van der Waals surface area contributed by atoms with Gasteiger partial charge in [-0.2, -0.15) is 0 Å². The molecule has 1 aromatic carbocycles. The van der Waals surface area contributed by atoms with Crippen LogP contribution in [0.4, 0.5) is 5.69 Å². The van der Waals surface area contributed by atoms with Gasteiger partial charge in [0.25, 0.3) is 0 Å². The zero-order valence-electron chi connectivity index (χ0n) is 15.8. The number of carbonyl (C=O) groups excluding carboxylic acids is 1. The number of esters is 1. The molecule has 3 rings (SSSR count). The van der Waals surface area contributed by atoms with E-state index in [0.29, 0.717) is 11.5 Å². The molecular weight excluding hydrogens is 406 g/mol. The van der Waals surface area contributed by atoms with E-state index in [0.717, 1.165) is 22.4 Å². The Bertz CT molecular complexity index is 793. The minimum atomic E-state index is -0.336. The molecule has 148 valence electrons. The van der Waals surface area contributed by atoms with E-state index in [2.05, 4.69) is 44.3 Å². The monoisotopic (exact) mass is 425 g/mol. The van der Waals surface area contributed by atoms with Crippen LogP contribution in [-0.4, -0.2) is 19.1 Å². The van der Waals surface area contributed by atoms with E-state index in [1.54, 1.807) is 7.11 Å². The van der Waals surface area contributed by atoms with Gasteiger partial charge in [-0.1, -0.05) is 24.3 Å². The zero-order chi connectivity index (χ0) is 21.1. The summed E-state index contributed by atoms with van der Waals surface area (Å²) in [5.74, 6) is 1.01. The number of benzene rings is 1. The number of nitrogens with one attached hydrogen (secondary N) is 1. The summed E-state index contributed by atoms with van der Waals surface area (Å²) in [5, 5.41) is 3.53. The molecule has 0 unspecified atom stereocenters. The number of rotatable bonds is 2. The van der Waals surface area contributed by atoms with E-state index >= 15 is 0 Å². The molecule has 0 aromatic heterocycles. The van der Waals surface area contributed by atoms with Crippen molar-refractivity contribution < 1.29 is 45.3 Å². The van der Waals surface area contributed by atoms with Crippen LogP contribution in [0.2, 0.25) is 0 Å². The standard InChI is InChI=1S/C17H19NO3.3CO.Fe/c1-9-10(2)16(20-4)17(21-11(3)19)14-12-7-5-6-8-13(12)18-15(9)14;3*1-2;/h5-8,12-13,18H,1-4H3;;;;/t12-,13+;;;;/m0..../s1. The molecule has 1 aromatic rings. The van der Waals surface area contributed by atoms with E-state index in [1.807, 2.05) is 19.1 Å². The molecule has 2 atom stereocenters. The summed E-state index contributed by atoms with van der Waals surface area (Å²) in [6, 6.07) is 0.199. The van der Waals surface area contributed by atoms with Gasteiger partial charge < -0.3 is 14.8 Å². The molecular formula is C20H19FeNO6. The van der Waals surface area contributed by atoms with Gasteiger partial charge in [0.2, 0.25) is 0 Å². The molecule has 0 amide bonds. The first kappa shape index (κ1) is 27.7. The number of methoxy groups -OCH3 is 1. The van der Waals surface area contributed by atoms with Crippen molar-refractivity contribution in [1.82, 2.24) is 0 Å². The first-order valence-electron chi connectivity index (χ1n) is 7.66. The maximum absolute atomic E-state index is 11.5. The van der Waals surface area contributed by atoms with Gasteiger partial charge in [0.15, 0.2) is 11.5 Å². The molecule has 2 aliphatic rings. The fourth-order valence-corrected chi connectivity index (χ4v) is 3.15. The number of fused-ring (bicyclic) bond motifs is 3. The van der Waals surface area contributed by atoms with Gasteiger partial charge >= 0.3 is 39.9 Å². The van der Waals surface area contributed by atoms with Crippen LogP contribution in [-0.2, 0) is 35.8 Å². The van der Waals surface area contributed by atoms with Gasteiger partial charge in [0.1, 0.15) is 0 Å². The van der Waals surface area contributed by atoms with Crippen LogP contribution >= 0.6 is 0 Å². The summed E-state index contributed by atoms with van der Waals surface area (Å²) < 4.78 is 33.5. The SMILES string of the molecule is COc1c(C)c(C)c2c(c1OC(C)=O)[C@H]1C=CC=C[C@H]1N2.[C-]#[O+].[C-]#[O+].[C-]#[O+].[Fe]. The largest absolute Gasteiger partial charge is 0 e. The number of carbonyl (C=O) groups is 1. The minimum absolute atomic E-state index is 0. The summed E-state index contributed by atoms with van der Waals surface area (Å²) in [6.45, 7) is 19.0. The maximum Gasteiger partial charge on any atom is 0 e. The van der Waals surface area contributed by atoms with Crippen LogP contribution in [0, 0.1) is 33.8 Å². The molecule has 7 nitrogen and oxygen atoms in total. The van der Waals surface area contributed by atoms with Crippen LogP contribution in [0.5, 0.6) is 11.5 Å². The fraction of sp³-hybridized carbons (Fsp3) is 0.300. The Balaban J connectivity index is 0. The molecule has 8 heteroatoms. The second-order valence-electron chi connectivity index (χ2n) is 5.46. The fourth-order valence-electron chi connectivity index (χ4n) is 3.15. The molecule has 28 heavy (non-hydrogen) atoms. The average Bonchev–Trinajstić information content (AvgIpc) is 3.10. The molecule has 1 aliphatic heterocycles. The van der Waals surface area contributed by atoms with Crippen molar-refractivity contribution in [3.8, 4) is 11.5 Å². The molecule has 0 bridgehead atoms. The Morgan fingerprint density at radius 2 is 1.54 bits per heavy atom. The summed E-state index contributed by atoms with van der Waals surface area (Å²) in [6.07, 6.45) is 8.32. The first-order valence-corrected chi connectivity index (χ1v) is 7.66. The Morgan fingerprint density at radius 1 is 1.00 bits per heavy atom. The Labute approximate surface area is 174 Å². The molecule has 0 saturated carbocycles. The van der Waals surface area contributed by atoms with Crippen molar-refractivity contribution in [2.24, 2.45) is 0 Å². The van der Waals surface area contributed by atoms with Crippen LogP contribution < -0.4 is 14.8 Å². The number of hydrogen-bond acceptors (Lipinski definition) is 4. The maximum atomic E-state index is 11.5. The smallest absolute Gasteiger partial charge is 0 e. The van der Waals surface area contributed by atoms with E-state index in [1.165, 1.54) is 6.92 Å². The van der Waals surface area contributed by atoms with Crippen molar-refractivity contribution in [1.29, 1.82) is 0 Å². The summed E-state index contributed by atoms with van der Waals surface area (Å²) in [5.41, 5.74) is 4.19. The third-order valence-electron chi connectivity index (χ3n) is 4.23. The van der Waals surface area contributed by atoms with Gasteiger partial charge in [-0.05, 0) is 25.0 Å². The van der Waals surface area contributed by atoms with Gasteiger partial charge in [-0.3, -0.25) is 4.79 Å². The molecule has 0 spiro atoms. The van der Waals surface area contributed by atoms with Crippen molar-refractivity contribution in [3.63, 3.8) is 0 Å². The van der Waals surface area contributed by atoms with Crippen LogP contribution in [0.3, 0.4) is 0 Å². The minimum Gasteiger partial charge on any atom is 0 e. The molecule has 0 radical (unpaired) electrons.